The van der Waals surface area contributed by atoms with E-state index in [0.717, 1.165) is 24.8 Å². The van der Waals surface area contributed by atoms with Crippen molar-refractivity contribution < 1.29 is 29.0 Å². The van der Waals surface area contributed by atoms with Gasteiger partial charge in [0.2, 0.25) is 5.91 Å². The summed E-state index contributed by atoms with van der Waals surface area (Å²) in [6.07, 6.45) is 2.76. The maximum absolute atomic E-state index is 13.5. The number of carbonyl (C=O) groups excluding carboxylic acids is 3. The van der Waals surface area contributed by atoms with Crippen LogP contribution < -0.4 is 15.5 Å². The fourth-order valence-corrected chi connectivity index (χ4v) is 5.63. The van der Waals surface area contributed by atoms with Gasteiger partial charge in [0.25, 0.3) is 0 Å². The minimum Gasteiger partial charge on any atom is -0.480 e. The summed E-state index contributed by atoms with van der Waals surface area (Å²) in [4.78, 5) is 54.5. The van der Waals surface area contributed by atoms with Gasteiger partial charge in [-0.1, -0.05) is 39.0 Å². The molecule has 1 fully saturated rings. The Hall–Kier alpha value is -3.30. The Bertz CT molecular complexity index is 1030. The lowest BCUT2D eigenvalue weighted by Crippen LogP contribution is -2.58. The first-order chi connectivity index (χ1) is 17.8. The third kappa shape index (κ3) is 6.96. The molecule has 2 aliphatic heterocycles. The van der Waals surface area contributed by atoms with Crippen LogP contribution in [-0.4, -0.2) is 71.8 Å². The van der Waals surface area contributed by atoms with Gasteiger partial charge in [-0.15, -0.1) is 0 Å². The monoisotopic (exact) mass is 530 g/mol. The molecular formula is C28H42N4O6. The molecule has 0 spiro atoms. The molecule has 2 heterocycles. The van der Waals surface area contributed by atoms with Gasteiger partial charge >= 0.3 is 18.1 Å². The predicted molar refractivity (Wildman–Crippen MR) is 144 cm³/mol. The number of fused-ring (bicyclic) bond motifs is 1. The minimum atomic E-state index is -1.20. The third-order valence-corrected chi connectivity index (χ3v) is 7.46. The zero-order valence-electron chi connectivity index (χ0n) is 23.3. The smallest absolute Gasteiger partial charge is 0.414 e. The van der Waals surface area contributed by atoms with Gasteiger partial charge in [-0.2, -0.15) is 0 Å². The van der Waals surface area contributed by atoms with Crippen LogP contribution in [0.25, 0.3) is 0 Å². The van der Waals surface area contributed by atoms with Gasteiger partial charge in [0.15, 0.2) is 0 Å². The number of methoxy groups -OCH3 is 1. The molecule has 10 nitrogen and oxygen atoms in total. The summed E-state index contributed by atoms with van der Waals surface area (Å²) in [5.74, 6) is -2.02. The second-order valence-corrected chi connectivity index (χ2v) is 11.8. The molecule has 2 aliphatic rings. The number of carboxylic acid groups (broad SMARTS) is 1. The summed E-state index contributed by atoms with van der Waals surface area (Å²) < 4.78 is 4.89. The molecular weight excluding hydrogens is 488 g/mol. The van der Waals surface area contributed by atoms with E-state index in [1.807, 2.05) is 46.8 Å². The van der Waals surface area contributed by atoms with Crippen molar-refractivity contribution in [2.45, 2.75) is 96.8 Å². The van der Waals surface area contributed by atoms with Crippen molar-refractivity contribution >= 4 is 29.7 Å². The van der Waals surface area contributed by atoms with Crippen LogP contribution in [0.3, 0.4) is 0 Å². The van der Waals surface area contributed by atoms with E-state index in [2.05, 4.69) is 10.6 Å². The number of para-hydroxylation sites is 1. The number of rotatable bonds is 7. The molecule has 1 saturated heterocycles. The molecule has 0 saturated carbocycles. The standard InChI is InChI=1S/C28H42N4O6/c1-17-10-9-11-18(2)32(17)26(36)30-22(15-28(3,4)5)24(33)29-21(25(34)35)14-19-16-31(27(37)38-6)23-13-8-7-12-20(19)23/h7-8,12-13,17-19,21-22H,9-11,14-16H2,1-6H3,(H,29,33)(H,30,36)(H,34,35)/t17-,18+,19?,21-,22+/m1/s1. The number of carbonyl (C=O) groups is 4. The van der Waals surface area contributed by atoms with Crippen molar-refractivity contribution in [3.8, 4) is 0 Å². The highest BCUT2D eigenvalue weighted by Gasteiger charge is 2.38. The first-order valence-electron chi connectivity index (χ1n) is 13.4. The molecule has 38 heavy (non-hydrogen) atoms. The van der Waals surface area contributed by atoms with E-state index in [1.165, 1.54) is 12.0 Å². The maximum Gasteiger partial charge on any atom is 0.414 e. The van der Waals surface area contributed by atoms with E-state index in [-0.39, 0.29) is 42.4 Å². The van der Waals surface area contributed by atoms with E-state index in [9.17, 15) is 24.3 Å². The summed E-state index contributed by atoms with van der Waals surface area (Å²) >= 11 is 0. The number of benzene rings is 1. The Labute approximate surface area is 225 Å². The van der Waals surface area contributed by atoms with Gasteiger partial charge < -0.3 is 25.4 Å². The van der Waals surface area contributed by atoms with Gasteiger partial charge in [-0.25, -0.2) is 14.4 Å². The minimum absolute atomic E-state index is 0.0593. The molecule has 0 radical (unpaired) electrons. The predicted octanol–water partition coefficient (Wildman–Crippen LogP) is 4.09. The fraction of sp³-hybridized carbons (Fsp3) is 0.643. The van der Waals surface area contributed by atoms with Gasteiger partial charge in [-0.3, -0.25) is 9.69 Å². The highest BCUT2D eigenvalue weighted by Crippen LogP contribution is 2.39. The molecule has 1 aromatic rings. The lowest BCUT2D eigenvalue weighted by Gasteiger charge is -2.40. The molecule has 3 N–H and O–H groups in total. The molecule has 0 aliphatic carbocycles. The Morgan fingerprint density at radius 1 is 1.05 bits per heavy atom. The number of likely N-dealkylation sites (tertiary alicyclic amines) is 1. The lowest BCUT2D eigenvalue weighted by atomic mass is 9.87. The zero-order chi connectivity index (χ0) is 28.2. The third-order valence-electron chi connectivity index (χ3n) is 7.46. The second-order valence-electron chi connectivity index (χ2n) is 11.8. The van der Waals surface area contributed by atoms with Crippen molar-refractivity contribution in [3.63, 3.8) is 0 Å². The molecule has 3 rings (SSSR count). The summed E-state index contributed by atoms with van der Waals surface area (Å²) in [7, 11) is 1.30. The summed E-state index contributed by atoms with van der Waals surface area (Å²) in [6, 6.07) is 4.99. The van der Waals surface area contributed by atoms with Crippen molar-refractivity contribution in [2.75, 3.05) is 18.6 Å². The Kier molecular flexibility index (Phi) is 9.27. The Balaban J connectivity index is 1.77. The summed E-state index contributed by atoms with van der Waals surface area (Å²) in [5, 5.41) is 15.6. The van der Waals surface area contributed by atoms with E-state index >= 15 is 0 Å². The Morgan fingerprint density at radius 3 is 2.26 bits per heavy atom. The molecule has 0 bridgehead atoms. The van der Waals surface area contributed by atoms with Crippen LogP contribution in [0.5, 0.6) is 0 Å². The van der Waals surface area contributed by atoms with Crippen LogP contribution in [0, 0.1) is 5.41 Å². The lowest BCUT2D eigenvalue weighted by molar-refractivity contribution is -0.142. The quantitative estimate of drug-likeness (QED) is 0.487. The van der Waals surface area contributed by atoms with Gasteiger partial charge in [0.05, 0.1) is 12.8 Å². The molecule has 0 aromatic heterocycles. The van der Waals surface area contributed by atoms with Crippen molar-refractivity contribution in [1.29, 1.82) is 0 Å². The van der Waals surface area contributed by atoms with Crippen molar-refractivity contribution in [3.05, 3.63) is 29.8 Å². The first-order valence-corrected chi connectivity index (χ1v) is 13.4. The zero-order valence-corrected chi connectivity index (χ0v) is 23.3. The van der Waals surface area contributed by atoms with Crippen LogP contribution in [-0.2, 0) is 14.3 Å². The number of hydrogen-bond acceptors (Lipinski definition) is 5. The maximum atomic E-state index is 13.5. The van der Waals surface area contributed by atoms with Crippen molar-refractivity contribution in [1.82, 2.24) is 15.5 Å². The van der Waals surface area contributed by atoms with E-state index in [1.54, 1.807) is 17.0 Å². The van der Waals surface area contributed by atoms with Crippen LogP contribution in [0.15, 0.2) is 24.3 Å². The number of nitrogens with zero attached hydrogens (tertiary/aromatic N) is 2. The number of urea groups is 1. The fourth-order valence-electron chi connectivity index (χ4n) is 5.63. The summed E-state index contributed by atoms with van der Waals surface area (Å²) in [5.41, 5.74) is 1.20. The van der Waals surface area contributed by atoms with Gasteiger partial charge in [-0.05, 0) is 63.0 Å². The summed E-state index contributed by atoms with van der Waals surface area (Å²) in [6.45, 7) is 10.2. The molecule has 1 unspecified atom stereocenters. The number of hydrogen-bond donors (Lipinski definition) is 3. The number of nitrogens with one attached hydrogen (secondary N) is 2. The molecule has 210 valence electrons. The number of anilines is 1. The number of amides is 4. The highest BCUT2D eigenvalue weighted by molar-refractivity contribution is 5.92. The average molecular weight is 531 g/mol. The molecule has 1 aromatic carbocycles. The Morgan fingerprint density at radius 2 is 1.68 bits per heavy atom. The largest absolute Gasteiger partial charge is 0.480 e. The van der Waals surface area contributed by atoms with Gasteiger partial charge in [0.1, 0.15) is 12.1 Å². The normalized spacial score (nSPS) is 22.7. The molecule has 10 heteroatoms. The number of aliphatic carboxylic acids is 1. The first kappa shape index (κ1) is 29.3. The van der Waals surface area contributed by atoms with Gasteiger partial charge in [0, 0.05) is 24.5 Å². The van der Waals surface area contributed by atoms with Crippen LogP contribution >= 0.6 is 0 Å². The SMILES string of the molecule is COC(=O)N1CC(C[C@@H](NC(=O)[C@H](CC(C)(C)C)NC(=O)N2[C@H](C)CCC[C@@H]2C)C(=O)O)c2ccccc21. The molecule has 5 atom stereocenters. The van der Waals surface area contributed by atoms with E-state index in [4.69, 9.17) is 4.74 Å². The highest BCUT2D eigenvalue weighted by atomic mass is 16.5. The van der Waals surface area contributed by atoms with Crippen LogP contribution in [0.4, 0.5) is 15.3 Å². The topological polar surface area (TPSA) is 128 Å². The van der Waals surface area contributed by atoms with Crippen LogP contribution in [0.2, 0.25) is 0 Å². The number of ether oxygens (including phenoxy) is 1. The van der Waals surface area contributed by atoms with E-state index in [0.29, 0.717) is 12.1 Å². The number of carboxylic acids is 1. The van der Waals surface area contributed by atoms with E-state index < -0.39 is 30.1 Å². The second kappa shape index (κ2) is 12.0. The molecule has 4 amide bonds. The average Bonchev–Trinajstić information content (AvgIpc) is 3.20. The number of piperidine rings is 1. The van der Waals surface area contributed by atoms with Crippen molar-refractivity contribution in [2.24, 2.45) is 5.41 Å². The van der Waals surface area contributed by atoms with Crippen LogP contribution in [0.1, 0.15) is 78.2 Å².